The Balaban J connectivity index is 3.43. The van der Waals surface area contributed by atoms with Crippen LogP contribution in [0.4, 0.5) is 0 Å². The third-order valence-corrected chi connectivity index (χ3v) is 3.09. The molecule has 0 bridgehead atoms. The molecule has 0 saturated carbocycles. The number of hydrogen-bond donors (Lipinski definition) is 1. The van der Waals surface area contributed by atoms with E-state index < -0.39 is 17.6 Å². The SMILES string of the molecule is CC(C)(C)OCC(N)C(=O)OCCOCCOCCOCCC(=O)OC(C)(C)C. The zero-order valence-electron chi connectivity index (χ0n) is 18.8. The molecule has 0 aromatic rings. The van der Waals surface area contributed by atoms with Crippen molar-refractivity contribution in [3.05, 3.63) is 0 Å². The average molecular weight is 422 g/mol. The van der Waals surface area contributed by atoms with Gasteiger partial charge < -0.3 is 34.2 Å². The monoisotopic (exact) mass is 421 g/mol. The molecule has 0 fully saturated rings. The van der Waals surface area contributed by atoms with Gasteiger partial charge >= 0.3 is 11.9 Å². The number of nitrogens with two attached hydrogens (primary N) is 1. The van der Waals surface area contributed by atoms with E-state index in [0.29, 0.717) is 33.0 Å². The lowest BCUT2D eigenvalue weighted by atomic mass is 10.2. The Morgan fingerprint density at radius 1 is 0.759 bits per heavy atom. The second-order valence-corrected chi connectivity index (χ2v) is 8.37. The predicted octanol–water partition coefficient (Wildman–Crippen LogP) is 1.45. The van der Waals surface area contributed by atoms with Crippen LogP contribution in [0.15, 0.2) is 0 Å². The van der Waals surface area contributed by atoms with Crippen LogP contribution in [-0.4, -0.2) is 82.0 Å². The molecule has 1 atom stereocenters. The first kappa shape index (κ1) is 27.7. The minimum absolute atomic E-state index is 0.108. The van der Waals surface area contributed by atoms with Crippen LogP contribution in [0.3, 0.4) is 0 Å². The van der Waals surface area contributed by atoms with Crippen molar-refractivity contribution in [3.8, 4) is 0 Å². The second-order valence-electron chi connectivity index (χ2n) is 8.37. The molecule has 0 amide bonds. The lowest BCUT2D eigenvalue weighted by Crippen LogP contribution is -2.39. The highest BCUT2D eigenvalue weighted by Crippen LogP contribution is 2.08. The smallest absolute Gasteiger partial charge is 0.325 e. The lowest BCUT2D eigenvalue weighted by molar-refractivity contribution is -0.156. The summed E-state index contributed by atoms with van der Waals surface area (Å²) in [6.07, 6.45) is 0.213. The van der Waals surface area contributed by atoms with E-state index in [1.54, 1.807) is 0 Å². The van der Waals surface area contributed by atoms with Crippen LogP contribution in [0, 0.1) is 0 Å². The molecule has 0 aromatic carbocycles. The third-order valence-electron chi connectivity index (χ3n) is 3.09. The fourth-order valence-electron chi connectivity index (χ4n) is 1.81. The number of ether oxygens (including phenoxy) is 6. The topological polar surface area (TPSA) is 116 Å². The van der Waals surface area contributed by atoms with Gasteiger partial charge in [-0.3, -0.25) is 9.59 Å². The van der Waals surface area contributed by atoms with Gasteiger partial charge in [-0.1, -0.05) is 0 Å². The van der Waals surface area contributed by atoms with Gasteiger partial charge in [0, 0.05) is 0 Å². The molecule has 29 heavy (non-hydrogen) atoms. The van der Waals surface area contributed by atoms with Crippen molar-refractivity contribution in [1.82, 2.24) is 0 Å². The molecule has 0 aliphatic carbocycles. The molecule has 0 rings (SSSR count). The molecule has 0 spiro atoms. The van der Waals surface area contributed by atoms with Gasteiger partial charge in [0.15, 0.2) is 0 Å². The number of carbonyl (C=O) groups excluding carboxylic acids is 2. The van der Waals surface area contributed by atoms with Crippen LogP contribution < -0.4 is 5.73 Å². The van der Waals surface area contributed by atoms with Crippen LogP contribution in [0.25, 0.3) is 0 Å². The van der Waals surface area contributed by atoms with Crippen molar-refractivity contribution in [2.24, 2.45) is 5.73 Å². The van der Waals surface area contributed by atoms with Crippen molar-refractivity contribution in [3.63, 3.8) is 0 Å². The number of esters is 2. The van der Waals surface area contributed by atoms with Crippen LogP contribution in [0.2, 0.25) is 0 Å². The van der Waals surface area contributed by atoms with Gasteiger partial charge in [-0.15, -0.1) is 0 Å². The average Bonchev–Trinajstić information content (AvgIpc) is 2.58. The highest BCUT2D eigenvalue weighted by Gasteiger charge is 2.19. The van der Waals surface area contributed by atoms with Gasteiger partial charge in [-0.05, 0) is 41.5 Å². The van der Waals surface area contributed by atoms with Crippen LogP contribution in [0.1, 0.15) is 48.0 Å². The standard InChI is InChI=1S/C20H39NO8/c1-19(2,3)28-15-16(21)18(23)27-14-13-26-12-11-25-10-9-24-8-7-17(22)29-20(4,5)6/h16H,7-15,21H2,1-6H3. The third kappa shape index (κ3) is 19.8. The minimum Gasteiger partial charge on any atom is -0.462 e. The Morgan fingerprint density at radius 2 is 1.24 bits per heavy atom. The lowest BCUT2D eigenvalue weighted by Gasteiger charge is -2.21. The number of hydrogen-bond acceptors (Lipinski definition) is 9. The Morgan fingerprint density at radius 3 is 1.72 bits per heavy atom. The van der Waals surface area contributed by atoms with Gasteiger partial charge in [0.25, 0.3) is 0 Å². The van der Waals surface area contributed by atoms with Crippen molar-refractivity contribution in [1.29, 1.82) is 0 Å². The Labute approximate surface area is 174 Å². The summed E-state index contributed by atoms with van der Waals surface area (Å²) in [4.78, 5) is 23.2. The summed E-state index contributed by atoms with van der Waals surface area (Å²) in [6, 6.07) is -0.812. The van der Waals surface area contributed by atoms with Crippen molar-refractivity contribution in [2.75, 3.05) is 52.9 Å². The molecule has 0 saturated heterocycles. The van der Waals surface area contributed by atoms with E-state index >= 15 is 0 Å². The minimum atomic E-state index is -0.812. The molecule has 9 heteroatoms. The van der Waals surface area contributed by atoms with E-state index in [1.807, 2.05) is 41.5 Å². The zero-order chi connectivity index (χ0) is 22.3. The van der Waals surface area contributed by atoms with Gasteiger partial charge in [0.05, 0.1) is 58.3 Å². The van der Waals surface area contributed by atoms with Gasteiger partial charge in [-0.2, -0.15) is 0 Å². The largest absolute Gasteiger partial charge is 0.462 e. The molecule has 0 aliphatic heterocycles. The van der Waals surface area contributed by atoms with Crippen molar-refractivity contribution in [2.45, 2.75) is 65.2 Å². The maximum Gasteiger partial charge on any atom is 0.325 e. The van der Waals surface area contributed by atoms with Gasteiger partial charge in [0.2, 0.25) is 0 Å². The molecule has 9 nitrogen and oxygen atoms in total. The van der Waals surface area contributed by atoms with Crippen LogP contribution in [0.5, 0.6) is 0 Å². The van der Waals surface area contributed by atoms with Crippen LogP contribution in [-0.2, 0) is 38.0 Å². The molecular weight excluding hydrogens is 382 g/mol. The summed E-state index contributed by atoms with van der Waals surface area (Å²) in [5, 5.41) is 0. The van der Waals surface area contributed by atoms with Gasteiger partial charge in [0.1, 0.15) is 18.2 Å². The number of carbonyl (C=O) groups is 2. The van der Waals surface area contributed by atoms with Crippen molar-refractivity contribution < 1.29 is 38.0 Å². The summed E-state index contributed by atoms with van der Waals surface area (Å²) in [7, 11) is 0. The molecule has 0 aromatic heterocycles. The van der Waals surface area contributed by atoms with E-state index in [0.717, 1.165) is 0 Å². The molecule has 2 N–H and O–H groups in total. The molecule has 1 unspecified atom stereocenters. The van der Waals surface area contributed by atoms with E-state index in [9.17, 15) is 9.59 Å². The summed E-state index contributed by atoms with van der Waals surface area (Å²) >= 11 is 0. The first-order chi connectivity index (χ1) is 13.4. The summed E-state index contributed by atoms with van der Waals surface area (Å²) in [5.41, 5.74) is 4.86. The second kappa shape index (κ2) is 14.7. The van der Waals surface area contributed by atoms with E-state index in [-0.39, 0.29) is 37.8 Å². The summed E-state index contributed by atoms with van der Waals surface area (Å²) in [6.45, 7) is 13.5. The summed E-state index contributed by atoms with van der Waals surface area (Å²) in [5.74, 6) is -0.798. The maximum absolute atomic E-state index is 11.7. The first-order valence-corrected chi connectivity index (χ1v) is 9.92. The molecule has 0 aliphatic rings. The maximum atomic E-state index is 11.7. The van der Waals surface area contributed by atoms with E-state index in [4.69, 9.17) is 34.2 Å². The van der Waals surface area contributed by atoms with Gasteiger partial charge in [-0.25, -0.2) is 0 Å². The molecule has 172 valence electrons. The highest BCUT2D eigenvalue weighted by atomic mass is 16.6. The first-order valence-electron chi connectivity index (χ1n) is 9.92. The van der Waals surface area contributed by atoms with Crippen LogP contribution >= 0.6 is 0 Å². The number of rotatable bonds is 15. The van der Waals surface area contributed by atoms with E-state index in [2.05, 4.69) is 0 Å². The van der Waals surface area contributed by atoms with E-state index in [1.165, 1.54) is 0 Å². The quantitative estimate of drug-likeness (QED) is 0.310. The molecule has 0 heterocycles. The Kier molecular flexibility index (Phi) is 14.0. The summed E-state index contributed by atoms with van der Waals surface area (Å²) < 4.78 is 31.6. The Bertz CT molecular complexity index is 456. The predicted molar refractivity (Wildman–Crippen MR) is 108 cm³/mol. The van der Waals surface area contributed by atoms with Crippen molar-refractivity contribution >= 4 is 11.9 Å². The molecular formula is C20H39NO8. The zero-order valence-corrected chi connectivity index (χ0v) is 18.8. The Hall–Kier alpha value is -1.26. The fourth-order valence-corrected chi connectivity index (χ4v) is 1.81. The normalized spacial score (nSPS) is 13.2. The fraction of sp³-hybridized carbons (Fsp3) is 0.900. The molecule has 0 radical (unpaired) electrons. The highest BCUT2D eigenvalue weighted by molar-refractivity contribution is 5.75.